The Hall–Kier alpha value is -3.03. The molecule has 0 radical (unpaired) electrons. The lowest BCUT2D eigenvalue weighted by Crippen LogP contribution is -2.32. The summed E-state index contributed by atoms with van der Waals surface area (Å²) in [5.74, 6) is 0.344. The average Bonchev–Trinajstić information content (AvgIpc) is 2.73. The van der Waals surface area contributed by atoms with Gasteiger partial charge in [0.05, 0.1) is 10.6 Å². The molecule has 3 aromatic rings. The lowest BCUT2D eigenvalue weighted by Gasteiger charge is -2.18. The maximum atomic E-state index is 12.6. The number of rotatable bonds is 8. The molecule has 0 spiro atoms. The van der Waals surface area contributed by atoms with Gasteiger partial charge in [-0.05, 0) is 67.4 Å². The molecule has 2 N–H and O–H groups in total. The molecule has 0 unspecified atom stereocenters. The van der Waals surface area contributed by atoms with Crippen molar-refractivity contribution in [1.82, 2.24) is 0 Å². The number of para-hydroxylation sites is 1. The Balaban J connectivity index is 1.67. The number of halogens is 1. The Morgan fingerprint density at radius 3 is 2.35 bits per heavy atom. The number of hydrogen-bond donors (Lipinski definition) is 2. The monoisotopic (exact) mass is 458 g/mol. The van der Waals surface area contributed by atoms with Crippen LogP contribution in [0.1, 0.15) is 18.9 Å². The number of ether oxygens (including phenoxy) is 1. The third kappa shape index (κ3) is 5.99. The predicted molar refractivity (Wildman–Crippen MR) is 123 cm³/mol. The molecular formula is C23H23ClN2O4S. The molecule has 0 bridgehead atoms. The van der Waals surface area contributed by atoms with Gasteiger partial charge >= 0.3 is 0 Å². The molecule has 3 aromatic carbocycles. The van der Waals surface area contributed by atoms with Crippen LogP contribution in [0.25, 0.3) is 0 Å². The first-order valence-electron chi connectivity index (χ1n) is 9.70. The van der Waals surface area contributed by atoms with E-state index in [1.54, 1.807) is 18.2 Å². The molecule has 0 saturated heterocycles. The van der Waals surface area contributed by atoms with Gasteiger partial charge in [-0.25, -0.2) is 8.42 Å². The molecule has 0 fully saturated rings. The van der Waals surface area contributed by atoms with Crippen LogP contribution in [-0.4, -0.2) is 20.4 Å². The van der Waals surface area contributed by atoms with Crippen LogP contribution in [0.3, 0.4) is 0 Å². The molecule has 0 aromatic heterocycles. The Morgan fingerprint density at radius 1 is 1.00 bits per heavy atom. The molecule has 0 saturated carbocycles. The molecule has 3 rings (SSSR count). The van der Waals surface area contributed by atoms with Gasteiger partial charge < -0.3 is 10.1 Å². The number of aryl methyl sites for hydroxylation is 1. The second-order valence-electron chi connectivity index (χ2n) is 6.91. The lowest BCUT2D eigenvalue weighted by atomic mass is 10.2. The van der Waals surface area contributed by atoms with Crippen molar-refractivity contribution in [3.05, 3.63) is 83.4 Å². The highest BCUT2D eigenvalue weighted by molar-refractivity contribution is 7.92. The molecule has 0 aliphatic carbocycles. The maximum Gasteiger partial charge on any atom is 0.265 e. The van der Waals surface area contributed by atoms with Crippen LogP contribution in [-0.2, 0) is 14.8 Å². The van der Waals surface area contributed by atoms with Crippen molar-refractivity contribution in [2.24, 2.45) is 0 Å². The van der Waals surface area contributed by atoms with Crippen molar-refractivity contribution in [2.75, 3.05) is 10.0 Å². The standard InChI is InChI=1S/C23H23ClN2O4S/c1-3-21(30-22-10-5-4-7-16(22)2)23(27)25-18-11-13-20(14-12-18)31(28,29)26-19-9-6-8-17(24)15-19/h4-15,21,26H,3H2,1-2H3,(H,25,27)/t21-/m1/s1. The summed E-state index contributed by atoms with van der Waals surface area (Å²) in [6, 6.07) is 19.8. The fourth-order valence-corrected chi connectivity index (χ4v) is 4.11. The van der Waals surface area contributed by atoms with Gasteiger partial charge in [0.15, 0.2) is 6.10 Å². The SMILES string of the molecule is CC[C@@H](Oc1ccccc1C)C(=O)Nc1ccc(S(=O)(=O)Nc2cccc(Cl)c2)cc1. The van der Waals surface area contributed by atoms with Crippen LogP contribution in [0.2, 0.25) is 5.02 Å². The summed E-state index contributed by atoms with van der Waals surface area (Å²) >= 11 is 5.90. The molecule has 0 aliphatic rings. The van der Waals surface area contributed by atoms with E-state index in [4.69, 9.17) is 16.3 Å². The van der Waals surface area contributed by atoms with Crippen molar-refractivity contribution in [2.45, 2.75) is 31.3 Å². The lowest BCUT2D eigenvalue weighted by molar-refractivity contribution is -0.122. The summed E-state index contributed by atoms with van der Waals surface area (Å²) < 4.78 is 33.5. The van der Waals surface area contributed by atoms with Crippen molar-refractivity contribution in [3.8, 4) is 5.75 Å². The van der Waals surface area contributed by atoms with E-state index in [1.807, 2.05) is 38.1 Å². The van der Waals surface area contributed by atoms with Gasteiger partial charge in [-0.3, -0.25) is 9.52 Å². The number of sulfonamides is 1. The Bertz CT molecular complexity index is 1160. The zero-order chi connectivity index (χ0) is 22.4. The summed E-state index contributed by atoms with van der Waals surface area (Å²) in [7, 11) is -3.79. The molecular weight excluding hydrogens is 436 g/mol. The van der Waals surface area contributed by atoms with Crippen LogP contribution in [0.4, 0.5) is 11.4 Å². The van der Waals surface area contributed by atoms with Gasteiger partial charge in [0.2, 0.25) is 0 Å². The zero-order valence-electron chi connectivity index (χ0n) is 17.1. The number of benzene rings is 3. The third-order valence-electron chi connectivity index (χ3n) is 4.54. The van der Waals surface area contributed by atoms with Crippen LogP contribution in [0, 0.1) is 6.92 Å². The quantitative estimate of drug-likeness (QED) is 0.483. The van der Waals surface area contributed by atoms with Crippen molar-refractivity contribution in [3.63, 3.8) is 0 Å². The highest BCUT2D eigenvalue weighted by atomic mass is 35.5. The smallest absolute Gasteiger partial charge is 0.265 e. The van der Waals surface area contributed by atoms with Crippen LogP contribution in [0.5, 0.6) is 5.75 Å². The predicted octanol–water partition coefficient (Wildman–Crippen LogP) is 5.25. The van der Waals surface area contributed by atoms with E-state index in [0.29, 0.717) is 28.6 Å². The first kappa shape index (κ1) is 22.7. The Kier molecular flexibility index (Phi) is 7.20. The zero-order valence-corrected chi connectivity index (χ0v) is 18.7. The average molecular weight is 459 g/mol. The van der Waals surface area contributed by atoms with Gasteiger partial charge in [-0.2, -0.15) is 0 Å². The fraction of sp³-hybridized carbons (Fsp3) is 0.174. The van der Waals surface area contributed by atoms with Crippen molar-refractivity contribution >= 4 is 38.9 Å². The number of nitrogens with one attached hydrogen (secondary N) is 2. The van der Waals surface area contributed by atoms with Crippen LogP contribution < -0.4 is 14.8 Å². The first-order valence-corrected chi connectivity index (χ1v) is 11.6. The van der Waals surface area contributed by atoms with Gasteiger partial charge in [-0.15, -0.1) is 0 Å². The summed E-state index contributed by atoms with van der Waals surface area (Å²) in [6.07, 6.45) is -0.190. The first-order chi connectivity index (χ1) is 14.8. The number of anilines is 2. The van der Waals surface area contributed by atoms with E-state index in [1.165, 1.54) is 30.3 Å². The summed E-state index contributed by atoms with van der Waals surface area (Å²) in [5.41, 5.74) is 1.78. The van der Waals surface area contributed by atoms with Crippen LogP contribution in [0.15, 0.2) is 77.7 Å². The van der Waals surface area contributed by atoms with Gasteiger partial charge in [-0.1, -0.05) is 42.8 Å². The summed E-state index contributed by atoms with van der Waals surface area (Å²) in [4.78, 5) is 12.7. The molecule has 162 valence electrons. The number of amides is 1. The normalized spacial score (nSPS) is 12.1. The van der Waals surface area contributed by atoms with E-state index in [2.05, 4.69) is 10.0 Å². The number of carbonyl (C=O) groups is 1. The Morgan fingerprint density at radius 2 is 1.71 bits per heavy atom. The second-order valence-corrected chi connectivity index (χ2v) is 9.03. The molecule has 8 heteroatoms. The molecule has 0 heterocycles. The van der Waals surface area contributed by atoms with Gasteiger partial charge in [0.1, 0.15) is 5.75 Å². The summed E-state index contributed by atoms with van der Waals surface area (Å²) in [5, 5.41) is 3.20. The number of hydrogen-bond acceptors (Lipinski definition) is 4. The van der Waals surface area contributed by atoms with E-state index in [-0.39, 0.29) is 10.8 Å². The van der Waals surface area contributed by atoms with Crippen molar-refractivity contribution < 1.29 is 17.9 Å². The highest BCUT2D eigenvalue weighted by Crippen LogP contribution is 2.22. The van der Waals surface area contributed by atoms with Gasteiger partial charge in [0.25, 0.3) is 15.9 Å². The minimum Gasteiger partial charge on any atom is -0.480 e. The summed E-state index contributed by atoms with van der Waals surface area (Å²) in [6.45, 7) is 3.77. The largest absolute Gasteiger partial charge is 0.480 e. The van der Waals surface area contributed by atoms with Crippen molar-refractivity contribution in [1.29, 1.82) is 0 Å². The number of carbonyl (C=O) groups excluding carboxylic acids is 1. The minimum atomic E-state index is -3.79. The molecule has 31 heavy (non-hydrogen) atoms. The van der Waals surface area contributed by atoms with Crippen LogP contribution >= 0.6 is 11.6 Å². The molecule has 6 nitrogen and oxygen atoms in total. The van der Waals surface area contributed by atoms with E-state index in [0.717, 1.165) is 5.56 Å². The maximum absolute atomic E-state index is 12.6. The fourth-order valence-electron chi connectivity index (χ4n) is 2.87. The topological polar surface area (TPSA) is 84.5 Å². The van der Waals surface area contributed by atoms with E-state index in [9.17, 15) is 13.2 Å². The third-order valence-corrected chi connectivity index (χ3v) is 6.17. The van der Waals surface area contributed by atoms with Gasteiger partial charge in [0, 0.05) is 10.7 Å². The molecule has 1 amide bonds. The minimum absolute atomic E-state index is 0.0636. The second kappa shape index (κ2) is 9.85. The van der Waals surface area contributed by atoms with E-state index < -0.39 is 16.1 Å². The highest BCUT2D eigenvalue weighted by Gasteiger charge is 2.20. The Labute approximate surface area is 187 Å². The molecule has 0 aliphatic heterocycles. The molecule has 1 atom stereocenters. The van der Waals surface area contributed by atoms with E-state index >= 15 is 0 Å².